The summed E-state index contributed by atoms with van der Waals surface area (Å²) < 4.78 is 19.4. The maximum atomic E-state index is 14.0. The van der Waals surface area contributed by atoms with Crippen molar-refractivity contribution in [1.82, 2.24) is 20.2 Å². The highest BCUT2D eigenvalue weighted by molar-refractivity contribution is 7.15. The third-order valence-corrected chi connectivity index (χ3v) is 4.93. The van der Waals surface area contributed by atoms with E-state index in [1.807, 2.05) is 0 Å². The van der Waals surface area contributed by atoms with E-state index in [1.54, 1.807) is 0 Å². The van der Waals surface area contributed by atoms with Gasteiger partial charge in [0.1, 0.15) is 17.4 Å². The molecular weight excluding hydrogens is 383 g/mol. The van der Waals surface area contributed by atoms with Crippen LogP contribution in [0.3, 0.4) is 0 Å². The van der Waals surface area contributed by atoms with Crippen molar-refractivity contribution in [2.24, 2.45) is 5.92 Å². The zero-order chi connectivity index (χ0) is 19.3. The minimum atomic E-state index is -0.471. The molecule has 3 aromatic rings. The van der Waals surface area contributed by atoms with E-state index in [2.05, 4.69) is 30.8 Å². The SMILES string of the molecule is O=C(Nc1ccc(F)c(COc2cnccn2)c1)Nc1nnc(CC2CC2)s1. The van der Waals surface area contributed by atoms with Crippen molar-refractivity contribution in [2.45, 2.75) is 25.9 Å². The van der Waals surface area contributed by atoms with Crippen LogP contribution in [-0.2, 0) is 13.0 Å². The van der Waals surface area contributed by atoms with E-state index < -0.39 is 11.8 Å². The fourth-order valence-corrected chi connectivity index (χ4v) is 3.34. The number of rotatable bonds is 7. The molecular formula is C18H17FN6O2S. The van der Waals surface area contributed by atoms with Crippen molar-refractivity contribution in [2.75, 3.05) is 10.6 Å². The Morgan fingerprint density at radius 1 is 1.25 bits per heavy atom. The lowest BCUT2D eigenvalue weighted by molar-refractivity contribution is 0.262. The highest BCUT2D eigenvalue weighted by Gasteiger charge is 2.23. The lowest BCUT2D eigenvalue weighted by Crippen LogP contribution is -2.19. The second-order valence-corrected chi connectivity index (χ2v) is 7.43. The first-order valence-electron chi connectivity index (χ1n) is 8.73. The summed E-state index contributed by atoms with van der Waals surface area (Å²) in [7, 11) is 0. The van der Waals surface area contributed by atoms with Crippen molar-refractivity contribution in [3.8, 4) is 5.88 Å². The van der Waals surface area contributed by atoms with Crippen LogP contribution >= 0.6 is 11.3 Å². The van der Waals surface area contributed by atoms with Gasteiger partial charge in [0.05, 0.1) is 6.20 Å². The molecule has 144 valence electrons. The molecule has 28 heavy (non-hydrogen) atoms. The molecule has 1 aliphatic carbocycles. The molecule has 1 fully saturated rings. The number of amides is 2. The summed E-state index contributed by atoms with van der Waals surface area (Å²) in [5.74, 6) is 0.552. The summed E-state index contributed by atoms with van der Waals surface area (Å²) in [6.07, 6.45) is 7.81. The summed E-state index contributed by atoms with van der Waals surface area (Å²) in [6, 6.07) is 3.77. The van der Waals surface area contributed by atoms with Crippen molar-refractivity contribution in [1.29, 1.82) is 0 Å². The summed E-state index contributed by atoms with van der Waals surface area (Å²) in [6.45, 7) is -0.0391. The molecule has 0 unspecified atom stereocenters. The van der Waals surface area contributed by atoms with E-state index in [-0.39, 0.29) is 18.1 Å². The molecule has 2 heterocycles. The molecule has 2 aromatic heterocycles. The summed E-state index contributed by atoms with van der Waals surface area (Å²) in [5, 5.41) is 14.7. The average molecular weight is 400 g/mol. The number of anilines is 2. The number of aromatic nitrogens is 4. The minimum Gasteiger partial charge on any atom is -0.472 e. The minimum absolute atomic E-state index is 0.0391. The number of urea groups is 1. The Hall–Kier alpha value is -3.14. The average Bonchev–Trinajstić information content (AvgIpc) is 3.40. The number of benzene rings is 1. The largest absolute Gasteiger partial charge is 0.472 e. The number of carbonyl (C=O) groups excluding carboxylic acids is 1. The monoisotopic (exact) mass is 400 g/mol. The fourth-order valence-electron chi connectivity index (χ4n) is 2.49. The highest BCUT2D eigenvalue weighted by atomic mass is 32.1. The van der Waals surface area contributed by atoms with Gasteiger partial charge >= 0.3 is 6.03 Å². The van der Waals surface area contributed by atoms with Gasteiger partial charge in [-0.25, -0.2) is 14.2 Å². The molecule has 2 N–H and O–H groups in total. The quantitative estimate of drug-likeness (QED) is 0.628. The molecule has 1 saturated carbocycles. The summed E-state index contributed by atoms with van der Waals surface area (Å²) in [5.41, 5.74) is 0.713. The van der Waals surface area contributed by atoms with Gasteiger partial charge in [-0.15, -0.1) is 10.2 Å². The topological polar surface area (TPSA) is 102 Å². The van der Waals surface area contributed by atoms with E-state index in [0.29, 0.717) is 16.7 Å². The van der Waals surface area contributed by atoms with Crippen molar-refractivity contribution < 1.29 is 13.9 Å². The predicted octanol–water partition coefficient (Wildman–Crippen LogP) is 3.64. The Morgan fingerprint density at radius 2 is 2.14 bits per heavy atom. The van der Waals surface area contributed by atoms with E-state index in [0.717, 1.165) is 11.4 Å². The van der Waals surface area contributed by atoms with Gasteiger partial charge in [-0.1, -0.05) is 11.3 Å². The molecule has 2 amide bonds. The second kappa shape index (κ2) is 8.26. The highest BCUT2D eigenvalue weighted by Crippen LogP contribution is 2.33. The van der Waals surface area contributed by atoms with E-state index in [1.165, 1.54) is 61.0 Å². The number of ether oxygens (including phenoxy) is 1. The number of halogens is 1. The van der Waals surface area contributed by atoms with Crippen LogP contribution in [-0.4, -0.2) is 26.2 Å². The van der Waals surface area contributed by atoms with Crippen molar-refractivity contribution in [3.05, 3.63) is 53.2 Å². The zero-order valence-corrected chi connectivity index (χ0v) is 15.6. The molecule has 0 atom stereocenters. The smallest absolute Gasteiger partial charge is 0.325 e. The van der Waals surface area contributed by atoms with E-state index in [9.17, 15) is 9.18 Å². The molecule has 1 aromatic carbocycles. The summed E-state index contributed by atoms with van der Waals surface area (Å²) in [4.78, 5) is 20.0. The molecule has 1 aliphatic rings. The Balaban J connectivity index is 1.34. The molecule has 0 bridgehead atoms. The lowest BCUT2D eigenvalue weighted by atomic mass is 10.2. The Kier molecular flexibility index (Phi) is 5.38. The third-order valence-electron chi connectivity index (χ3n) is 4.07. The first-order chi connectivity index (χ1) is 13.7. The fraction of sp³-hybridized carbons (Fsp3) is 0.278. The standard InChI is InChI=1S/C18H17FN6O2S/c19-14-4-3-13(8-12(14)10-27-15-9-20-5-6-21-15)22-17(26)23-18-25-24-16(28-18)7-11-1-2-11/h3-6,8-9,11H,1-2,7,10H2,(H2,22,23,25,26). The van der Waals surface area contributed by atoms with Crippen LogP contribution in [0.1, 0.15) is 23.4 Å². The second-order valence-electron chi connectivity index (χ2n) is 6.37. The normalized spacial score (nSPS) is 13.2. The van der Waals surface area contributed by atoms with Crippen LogP contribution < -0.4 is 15.4 Å². The molecule has 0 aliphatic heterocycles. The van der Waals surface area contributed by atoms with Gasteiger partial charge in [-0.3, -0.25) is 10.3 Å². The molecule has 4 rings (SSSR count). The van der Waals surface area contributed by atoms with Crippen LogP contribution in [0.15, 0.2) is 36.8 Å². The molecule has 0 radical (unpaired) electrons. The number of carbonyl (C=O) groups is 1. The number of nitrogens with one attached hydrogen (secondary N) is 2. The Morgan fingerprint density at radius 3 is 2.93 bits per heavy atom. The molecule has 8 nitrogen and oxygen atoms in total. The maximum Gasteiger partial charge on any atom is 0.325 e. The van der Waals surface area contributed by atoms with E-state index >= 15 is 0 Å². The van der Waals surface area contributed by atoms with Gasteiger partial charge in [0, 0.05) is 30.1 Å². The third kappa shape index (κ3) is 4.97. The predicted molar refractivity (Wildman–Crippen MR) is 102 cm³/mol. The molecule has 0 spiro atoms. The van der Waals surface area contributed by atoms with Gasteiger partial charge in [-0.2, -0.15) is 0 Å². The number of hydrogen-bond acceptors (Lipinski definition) is 7. The lowest BCUT2D eigenvalue weighted by Gasteiger charge is -2.09. The molecule has 0 saturated heterocycles. The Labute approximate surface area is 164 Å². The first-order valence-corrected chi connectivity index (χ1v) is 9.55. The van der Waals surface area contributed by atoms with Gasteiger partial charge in [0.2, 0.25) is 11.0 Å². The van der Waals surface area contributed by atoms with Gasteiger partial charge in [0.15, 0.2) is 0 Å². The van der Waals surface area contributed by atoms with Crippen LogP contribution in [0.4, 0.5) is 20.0 Å². The number of hydrogen-bond donors (Lipinski definition) is 2. The van der Waals surface area contributed by atoms with Gasteiger partial charge in [-0.05, 0) is 37.0 Å². The van der Waals surface area contributed by atoms with Crippen molar-refractivity contribution in [3.63, 3.8) is 0 Å². The van der Waals surface area contributed by atoms with Crippen LogP contribution in [0.2, 0.25) is 0 Å². The van der Waals surface area contributed by atoms with Gasteiger partial charge < -0.3 is 10.1 Å². The molecule has 10 heteroatoms. The van der Waals surface area contributed by atoms with Gasteiger partial charge in [0.25, 0.3) is 0 Å². The van der Waals surface area contributed by atoms with Crippen LogP contribution in [0.5, 0.6) is 5.88 Å². The Bertz CT molecular complexity index is 964. The summed E-state index contributed by atoms with van der Waals surface area (Å²) >= 11 is 1.36. The zero-order valence-electron chi connectivity index (χ0n) is 14.8. The van der Waals surface area contributed by atoms with E-state index in [4.69, 9.17) is 4.74 Å². The number of nitrogens with zero attached hydrogens (tertiary/aromatic N) is 4. The van der Waals surface area contributed by atoms with Crippen molar-refractivity contribution >= 4 is 28.2 Å². The first kappa shape index (κ1) is 18.2. The maximum absolute atomic E-state index is 14.0. The van der Waals surface area contributed by atoms with Crippen LogP contribution in [0, 0.1) is 11.7 Å². The van der Waals surface area contributed by atoms with Crippen LogP contribution in [0.25, 0.3) is 0 Å².